The second kappa shape index (κ2) is 5.47. The van der Waals surface area contributed by atoms with Crippen LogP contribution in [0, 0.1) is 0 Å². The molecule has 1 unspecified atom stereocenters. The molecular weight excluding hydrogens is 246 g/mol. The number of nitrogens with zero attached hydrogens (tertiary/aromatic N) is 2. The molecule has 1 fully saturated rings. The van der Waals surface area contributed by atoms with E-state index in [1.54, 1.807) is 0 Å². The van der Waals surface area contributed by atoms with Crippen molar-refractivity contribution in [2.75, 3.05) is 6.54 Å². The lowest BCUT2D eigenvalue weighted by atomic mass is 9.86. The van der Waals surface area contributed by atoms with E-state index >= 15 is 0 Å². The molecule has 108 valence electrons. The van der Waals surface area contributed by atoms with Crippen LogP contribution in [0.15, 0.2) is 35.3 Å². The molecule has 1 heterocycles. The summed E-state index contributed by atoms with van der Waals surface area (Å²) in [5.74, 6) is 0.773. The molecule has 0 aromatic heterocycles. The Morgan fingerprint density at radius 1 is 1.25 bits per heavy atom. The summed E-state index contributed by atoms with van der Waals surface area (Å²) in [6.45, 7) is 3.12. The molecule has 0 saturated heterocycles. The highest BCUT2D eigenvalue weighted by Gasteiger charge is 2.44. The molecule has 3 heteroatoms. The van der Waals surface area contributed by atoms with E-state index < -0.39 is 0 Å². The van der Waals surface area contributed by atoms with Gasteiger partial charge in [0, 0.05) is 6.04 Å². The normalized spacial score (nSPS) is 27.1. The van der Waals surface area contributed by atoms with E-state index in [1.165, 1.54) is 31.2 Å². The molecular formula is C17H25N3. The molecule has 2 aliphatic rings. The Morgan fingerprint density at radius 2 is 1.95 bits per heavy atom. The maximum absolute atomic E-state index is 6.24. The Morgan fingerprint density at radius 3 is 2.60 bits per heavy atom. The van der Waals surface area contributed by atoms with Crippen LogP contribution in [0.5, 0.6) is 0 Å². The first kappa shape index (κ1) is 13.5. The summed E-state index contributed by atoms with van der Waals surface area (Å²) < 4.78 is 0. The van der Waals surface area contributed by atoms with Gasteiger partial charge in [-0.1, -0.05) is 50.1 Å². The second-order valence-electron chi connectivity index (χ2n) is 6.22. The maximum Gasteiger partial charge on any atom is 0.192 e. The topological polar surface area (TPSA) is 41.6 Å². The zero-order chi connectivity index (χ0) is 14.0. The van der Waals surface area contributed by atoms with Gasteiger partial charge in [-0.3, -0.25) is 4.99 Å². The number of aliphatic imine (C=N–C) groups is 1. The van der Waals surface area contributed by atoms with Crippen molar-refractivity contribution in [2.24, 2.45) is 10.7 Å². The van der Waals surface area contributed by atoms with E-state index in [1.807, 2.05) is 0 Å². The van der Waals surface area contributed by atoms with Crippen LogP contribution in [0.25, 0.3) is 0 Å². The highest BCUT2D eigenvalue weighted by molar-refractivity contribution is 5.81. The van der Waals surface area contributed by atoms with Gasteiger partial charge in [0.15, 0.2) is 5.96 Å². The van der Waals surface area contributed by atoms with E-state index in [4.69, 9.17) is 5.73 Å². The lowest BCUT2D eigenvalue weighted by molar-refractivity contribution is 0.142. The Hall–Kier alpha value is -1.51. The fourth-order valence-corrected chi connectivity index (χ4v) is 3.88. The molecule has 0 amide bonds. The van der Waals surface area contributed by atoms with Gasteiger partial charge in [-0.2, -0.15) is 0 Å². The lowest BCUT2D eigenvalue weighted by Gasteiger charge is -2.43. The monoisotopic (exact) mass is 271 g/mol. The van der Waals surface area contributed by atoms with Crippen molar-refractivity contribution in [1.29, 1.82) is 0 Å². The maximum atomic E-state index is 6.24. The molecule has 1 aromatic carbocycles. The molecule has 0 radical (unpaired) electrons. The van der Waals surface area contributed by atoms with Gasteiger partial charge in [0.2, 0.25) is 0 Å². The molecule has 1 aliphatic carbocycles. The number of guanidine groups is 1. The molecule has 1 atom stereocenters. The van der Waals surface area contributed by atoms with E-state index in [2.05, 4.69) is 47.1 Å². The van der Waals surface area contributed by atoms with Gasteiger partial charge >= 0.3 is 0 Å². The van der Waals surface area contributed by atoms with Crippen LogP contribution in [0.3, 0.4) is 0 Å². The predicted molar refractivity (Wildman–Crippen MR) is 83.8 cm³/mol. The summed E-state index contributed by atoms with van der Waals surface area (Å²) >= 11 is 0. The highest BCUT2D eigenvalue weighted by Crippen LogP contribution is 2.36. The van der Waals surface area contributed by atoms with Crippen molar-refractivity contribution in [3.63, 3.8) is 0 Å². The fraction of sp³-hybridized carbons (Fsp3) is 0.588. The summed E-state index contributed by atoms with van der Waals surface area (Å²) in [6.07, 6.45) is 7.35. The van der Waals surface area contributed by atoms with Crippen LogP contribution >= 0.6 is 0 Å². The minimum absolute atomic E-state index is 0.0977. The van der Waals surface area contributed by atoms with E-state index in [0.717, 1.165) is 25.3 Å². The third-order valence-electron chi connectivity index (χ3n) is 5.02. The summed E-state index contributed by atoms with van der Waals surface area (Å²) in [5.41, 5.74) is 7.73. The van der Waals surface area contributed by atoms with Crippen molar-refractivity contribution in [3.05, 3.63) is 35.9 Å². The number of hydrogen-bond donors (Lipinski definition) is 1. The third kappa shape index (κ3) is 2.30. The molecule has 0 spiro atoms. The van der Waals surface area contributed by atoms with Gasteiger partial charge in [-0.25, -0.2) is 0 Å². The third-order valence-corrected chi connectivity index (χ3v) is 5.02. The Labute approximate surface area is 121 Å². The quantitative estimate of drug-likeness (QED) is 0.914. The minimum atomic E-state index is 0.0977. The zero-order valence-electron chi connectivity index (χ0n) is 12.4. The first-order valence-corrected chi connectivity index (χ1v) is 7.88. The zero-order valence-corrected chi connectivity index (χ0v) is 12.4. The SMILES string of the molecule is CCC1(Cc2ccccc2)CN=C(N)N1C1CCCC1. The molecule has 1 aliphatic heterocycles. The average molecular weight is 271 g/mol. The average Bonchev–Trinajstić information content (AvgIpc) is 3.09. The molecule has 0 bridgehead atoms. The summed E-state index contributed by atoms with van der Waals surface area (Å²) in [4.78, 5) is 7.07. The first-order chi connectivity index (χ1) is 9.75. The van der Waals surface area contributed by atoms with Crippen LogP contribution in [-0.2, 0) is 6.42 Å². The first-order valence-electron chi connectivity index (χ1n) is 7.88. The number of hydrogen-bond acceptors (Lipinski definition) is 3. The summed E-state index contributed by atoms with van der Waals surface area (Å²) in [5, 5.41) is 0. The number of benzene rings is 1. The Balaban J connectivity index is 1.86. The minimum Gasteiger partial charge on any atom is -0.370 e. The van der Waals surface area contributed by atoms with Gasteiger partial charge < -0.3 is 10.6 Å². The van der Waals surface area contributed by atoms with Gasteiger partial charge in [-0.15, -0.1) is 0 Å². The second-order valence-corrected chi connectivity index (χ2v) is 6.22. The van der Waals surface area contributed by atoms with E-state index in [0.29, 0.717) is 6.04 Å². The van der Waals surface area contributed by atoms with Crippen LogP contribution in [0.4, 0.5) is 0 Å². The van der Waals surface area contributed by atoms with Crippen LogP contribution < -0.4 is 5.73 Å². The van der Waals surface area contributed by atoms with Crippen LogP contribution in [-0.4, -0.2) is 29.0 Å². The van der Waals surface area contributed by atoms with E-state index in [-0.39, 0.29) is 5.54 Å². The van der Waals surface area contributed by atoms with Crippen LogP contribution in [0.1, 0.15) is 44.6 Å². The van der Waals surface area contributed by atoms with Crippen molar-refractivity contribution < 1.29 is 0 Å². The summed E-state index contributed by atoms with van der Waals surface area (Å²) in [7, 11) is 0. The van der Waals surface area contributed by atoms with Gasteiger partial charge in [0.1, 0.15) is 0 Å². The largest absolute Gasteiger partial charge is 0.370 e. The number of rotatable bonds is 4. The van der Waals surface area contributed by atoms with E-state index in [9.17, 15) is 0 Å². The Kier molecular flexibility index (Phi) is 3.68. The number of nitrogens with two attached hydrogens (primary N) is 1. The molecule has 3 nitrogen and oxygen atoms in total. The molecule has 2 N–H and O–H groups in total. The standard InChI is InChI=1S/C17H25N3/c1-2-17(12-14-8-4-3-5-9-14)13-19-16(18)20(17)15-10-6-7-11-15/h3-5,8-9,15H,2,6-7,10-13H2,1H3,(H2,18,19). The highest BCUT2D eigenvalue weighted by atomic mass is 15.4. The van der Waals surface area contributed by atoms with Gasteiger partial charge in [0.25, 0.3) is 0 Å². The smallest absolute Gasteiger partial charge is 0.192 e. The molecule has 1 saturated carbocycles. The molecule has 20 heavy (non-hydrogen) atoms. The van der Waals surface area contributed by atoms with Gasteiger partial charge in [-0.05, 0) is 31.2 Å². The lowest BCUT2D eigenvalue weighted by Crippen LogP contribution is -2.56. The fourth-order valence-electron chi connectivity index (χ4n) is 3.88. The Bertz CT molecular complexity index is 476. The van der Waals surface area contributed by atoms with Crippen LogP contribution in [0.2, 0.25) is 0 Å². The molecule has 3 rings (SSSR count). The van der Waals surface area contributed by atoms with Crippen molar-refractivity contribution in [2.45, 2.75) is 57.0 Å². The van der Waals surface area contributed by atoms with Crippen molar-refractivity contribution in [1.82, 2.24) is 4.90 Å². The molecule has 1 aromatic rings. The summed E-state index contributed by atoms with van der Waals surface area (Å²) in [6, 6.07) is 11.4. The van der Waals surface area contributed by atoms with Crippen molar-refractivity contribution >= 4 is 5.96 Å². The predicted octanol–water partition coefficient (Wildman–Crippen LogP) is 2.95. The van der Waals surface area contributed by atoms with Crippen molar-refractivity contribution in [3.8, 4) is 0 Å². The van der Waals surface area contributed by atoms with Gasteiger partial charge in [0.05, 0.1) is 12.1 Å².